The average Bonchev–Trinajstić information content (AvgIpc) is 2.33. The van der Waals surface area contributed by atoms with Crippen LogP contribution in [0.4, 0.5) is 0 Å². The van der Waals surface area contributed by atoms with E-state index in [-0.39, 0.29) is 17.8 Å². The minimum Gasteiger partial charge on any atom is -0.495 e. The summed E-state index contributed by atoms with van der Waals surface area (Å²) in [7, 11) is 1.59. The van der Waals surface area contributed by atoms with Crippen LogP contribution in [0.1, 0.15) is 25.8 Å². The molecule has 0 radical (unpaired) electrons. The van der Waals surface area contributed by atoms with Gasteiger partial charge in [-0.05, 0) is 30.7 Å². The van der Waals surface area contributed by atoms with Crippen LogP contribution in [0.5, 0.6) is 5.75 Å². The van der Waals surface area contributed by atoms with Crippen molar-refractivity contribution in [2.75, 3.05) is 20.2 Å². The molecule has 5 heteroatoms. The molecular weight excluding hydrogens is 285 g/mol. The van der Waals surface area contributed by atoms with Crippen LogP contribution in [0.3, 0.4) is 0 Å². The number of hydrogen-bond acceptors (Lipinski definition) is 3. The Morgan fingerprint density at radius 2 is 2.05 bits per heavy atom. The van der Waals surface area contributed by atoms with Gasteiger partial charge in [0.2, 0.25) is 0 Å². The van der Waals surface area contributed by atoms with Gasteiger partial charge in [-0.1, -0.05) is 31.5 Å². The Labute approximate surface area is 125 Å². The molecule has 2 rings (SSSR count). The van der Waals surface area contributed by atoms with Crippen LogP contribution in [0, 0.1) is 5.41 Å². The number of aliphatic hydroxyl groups is 1. The number of piperidine rings is 1. The van der Waals surface area contributed by atoms with Gasteiger partial charge < -0.3 is 15.2 Å². The molecule has 0 amide bonds. The Kier molecular flexibility index (Phi) is 5.13. The molecule has 19 heavy (non-hydrogen) atoms. The van der Waals surface area contributed by atoms with Gasteiger partial charge in [0.1, 0.15) is 5.75 Å². The van der Waals surface area contributed by atoms with Gasteiger partial charge in [0.15, 0.2) is 0 Å². The molecule has 1 aromatic carbocycles. The fraction of sp³-hybridized carbons (Fsp3) is 0.571. The van der Waals surface area contributed by atoms with E-state index in [0.717, 1.165) is 18.7 Å². The number of ether oxygens (including phenoxy) is 1. The minimum atomic E-state index is -0.851. The fourth-order valence-electron chi connectivity index (χ4n) is 2.61. The third-order valence-corrected chi connectivity index (χ3v) is 4.29. The summed E-state index contributed by atoms with van der Waals surface area (Å²) >= 11 is 6.03. The highest BCUT2D eigenvalue weighted by Crippen LogP contribution is 2.45. The van der Waals surface area contributed by atoms with Crippen molar-refractivity contribution in [3.05, 3.63) is 28.8 Å². The molecule has 1 aliphatic heterocycles. The normalized spacial score (nSPS) is 25.5. The molecule has 1 saturated heterocycles. The lowest BCUT2D eigenvalue weighted by atomic mass is 9.67. The van der Waals surface area contributed by atoms with E-state index in [1.807, 2.05) is 12.1 Å². The summed E-state index contributed by atoms with van der Waals surface area (Å²) in [6, 6.07) is 5.51. The Bertz CT molecular complexity index is 451. The van der Waals surface area contributed by atoms with Crippen LogP contribution < -0.4 is 10.1 Å². The highest BCUT2D eigenvalue weighted by Gasteiger charge is 2.46. The van der Waals surface area contributed by atoms with Crippen LogP contribution in [-0.4, -0.2) is 25.3 Å². The van der Waals surface area contributed by atoms with Gasteiger partial charge >= 0.3 is 0 Å². The second-order valence-electron chi connectivity index (χ2n) is 5.52. The molecule has 0 spiro atoms. The summed E-state index contributed by atoms with van der Waals surface area (Å²) < 4.78 is 5.23. The molecule has 0 bridgehead atoms. The van der Waals surface area contributed by atoms with E-state index < -0.39 is 5.60 Å². The molecule has 1 aromatic rings. The zero-order chi connectivity index (χ0) is 13.4. The Balaban J connectivity index is 0.00000180. The van der Waals surface area contributed by atoms with Crippen LogP contribution in [0.25, 0.3) is 0 Å². The van der Waals surface area contributed by atoms with E-state index in [1.54, 1.807) is 13.2 Å². The van der Waals surface area contributed by atoms with E-state index in [2.05, 4.69) is 19.2 Å². The van der Waals surface area contributed by atoms with Gasteiger partial charge in [0, 0.05) is 12.0 Å². The van der Waals surface area contributed by atoms with Crippen LogP contribution >= 0.6 is 24.0 Å². The maximum Gasteiger partial charge on any atom is 0.137 e. The van der Waals surface area contributed by atoms with Gasteiger partial charge in [0.05, 0.1) is 17.7 Å². The molecule has 0 aromatic heterocycles. The molecule has 108 valence electrons. The predicted octanol–water partition coefficient (Wildman–Crippen LogP) is 2.98. The summed E-state index contributed by atoms with van der Waals surface area (Å²) in [6.45, 7) is 5.74. The molecule has 1 heterocycles. The highest BCUT2D eigenvalue weighted by molar-refractivity contribution is 6.32. The zero-order valence-electron chi connectivity index (χ0n) is 11.5. The van der Waals surface area contributed by atoms with Crippen molar-refractivity contribution in [3.8, 4) is 5.75 Å². The largest absolute Gasteiger partial charge is 0.495 e. The molecule has 1 atom stereocenters. The molecule has 1 fully saturated rings. The summed E-state index contributed by atoms with van der Waals surface area (Å²) in [5.74, 6) is 0.608. The van der Waals surface area contributed by atoms with E-state index >= 15 is 0 Å². The monoisotopic (exact) mass is 305 g/mol. The number of rotatable bonds is 2. The summed E-state index contributed by atoms with van der Waals surface area (Å²) in [5, 5.41) is 14.9. The number of benzene rings is 1. The molecule has 3 nitrogen and oxygen atoms in total. The van der Waals surface area contributed by atoms with Crippen molar-refractivity contribution in [1.29, 1.82) is 0 Å². The summed E-state index contributed by atoms with van der Waals surface area (Å²) in [5.41, 5.74) is -0.213. The fourth-order valence-corrected chi connectivity index (χ4v) is 2.80. The van der Waals surface area contributed by atoms with E-state index in [4.69, 9.17) is 16.3 Å². The summed E-state index contributed by atoms with van der Waals surface area (Å²) in [6.07, 6.45) is 0.685. The molecule has 1 unspecified atom stereocenters. The summed E-state index contributed by atoms with van der Waals surface area (Å²) in [4.78, 5) is 0. The van der Waals surface area contributed by atoms with Crippen LogP contribution in [0.2, 0.25) is 5.02 Å². The third kappa shape index (κ3) is 2.84. The number of nitrogens with one attached hydrogen (secondary N) is 1. The maximum atomic E-state index is 11.0. The first-order valence-electron chi connectivity index (χ1n) is 6.18. The second-order valence-corrected chi connectivity index (χ2v) is 5.93. The molecule has 2 N–H and O–H groups in total. The van der Waals surface area contributed by atoms with Gasteiger partial charge in [-0.25, -0.2) is 0 Å². The van der Waals surface area contributed by atoms with E-state index in [0.29, 0.717) is 17.2 Å². The van der Waals surface area contributed by atoms with Crippen LogP contribution in [0.15, 0.2) is 18.2 Å². The van der Waals surface area contributed by atoms with Crippen molar-refractivity contribution < 1.29 is 9.84 Å². The van der Waals surface area contributed by atoms with Crippen LogP contribution in [-0.2, 0) is 5.60 Å². The Morgan fingerprint density at radius 1 is 1.37 bits per heavy atom. The molecule has 1 aliphatic rings. The van der Waals surface area contributed by atoms with Crippen molar-refractivity contribution >= 4 is 24.0 Å². The van der Waals surface area contributed by atoms with Crippen molar-refractivity contribution in [3.63, 3.8) is 0 Å². The zero-order valence-corrected chi connectivity index (χ0v) is 13.1. The smallest absolute Gasteiger partial charge is 0.137 e. The van der Waals surface area contributed by atoms with Gasteiger partial charge in [-0.3, -0.25) is 0 Å². The molecular formula is C14H21Cl2NO2. The average molecular weight is 306 g/mol. The minimum absolute atomic E-state index is 0. The predicted molar refractivity (Wildman–Crippen MR) is 80.4 cm³/mol. The molecule has 0 aliphatic carbocycles. The number of hydrogen-bond donors (Lipinski definition) is 2. The SMILES string of the molecule is COc1cc(C2(O)CCNCC2(C)C)ccc1Cl.Cl. The lowest BCUT2D eigenvalue weighted by Gasteiger charge is -2.47. The highest BCUT2D eigenvalue weighted by atomic mass is 35.5. The van der Waals surface area contributed by atoms with Gasteiger partial charge in [-0.15, -0.1) is 12.4 Å². The third-order valence-electron chi connectivity index (χ3n) is 3.98. The van der Waals surface area contributed by atoms with Crippen molar-refractivity contribution in [2.24, 2.45) is 5.41 Å². The van der Waals surface area contributed by atoms with Crippen molar-refractivity contribution in [1.82, 2.24) is 5.32 Å². The van der Waals surface area contributed by atoms with E-state index in [9.17, 15) is 5.11 Å². The Hall–Kier alpha value is -0.480. The topological polar surface area (TPSA) is 41.5 Å². The quantitative estimate of drug-likeness (QED) is 0.882. The first kappa shape index (κ1) is 16.6. The number of methoxy groups -OCH3 is 1. The lowest BCUT2D eigenvalue weighted by molar-refractivity contribution is -0.0945. The first-order valence-corrected chi connectivity index (χ1v) is 6.56. The van der Waals surface area contributed by atoms with Gasteiger partial charge in [-0.2, -0.15) is 0 Å². The van der Waals surface area contributed by atoms with E-state index in [1.165, 1.54) is 0 Å². The van der Waals surface area contributed by atoms with Gasteiger partial charge in [0.25, 0.3) is 0 Å². The second kappa shape index (κ2) is 5.88. The maximum absolute atomic E-state index is 11.0. The van der Waals surface area contributed by atoms with Crippen molar-refractivity contribution in [2.45, 2.75) is 25.9 Å². The Morgan fingerprint density at radius 3 is 2.63 bits per heavy atom. The lowest BCUT2D eigenvalue weighted by Crippen LogP contribution is -2.53. The molecule has 0 saturated carbocycles. The number of halogens is 2. The first-order chi connectivity index (χ1) is 8.40. The standard InChI is InChI=1S/C14H20ClNO2.ClH/c1-13(2)9-16-7-6-14(13,17)10-4-5-11(15)12(8-10)18-3;/h4-5,8,16-17H,6-7,9H2,1-3H3;1H.